The molecule has 0 unspecified atom stereocenters. The molecule has 4 aromatic carbocycles. The second-order valence-corrected chi connectivity index (χ2v) is 16.7. The SMILES string of the molecule is CC(=O)Nc1cc(N=Nc2snc3ccc(S(=O)(=O)Nc4ccc(N5CCOCC5)c(S(=O)(=O)Nc5cc(C)c(C)cc5O)c4)cc23)cc(NC(C)=O)c1O. The smallest absolute Gasteiger partial charge is 0.264 e. The minimum atomic E-state index is -4.38. The predicted molar refractivity (Wildman–Crippen MR) is 209 cm³/mol. The number of amides is 2. The molecule has 1 saturated heterocycles. The normalized spacial score (nSPS) is 13.6. The molecule has 5 aromatic rings. The number of hydrogen-bond donors (Lipinski definition) is 6. The number of morpholine rings is 1. The summed E-state index contributed by atoms with van der Waals surface area (Å²) in [4.78, 5) is 24.8. The van der Waals surface area contributed by atoms with Gasteiger partial charge in [-0.3, -0.25) is 19.0 Å². The van der Waals surface area contributed by atoms with Gasteiger partial charge in [0, 0.05) is 32.3 Å². The molecule has 6 rings (SSSR count). The predicted octanol–water partition coefficient (Wildman–Crippen LogP) is 6.09. The van der Waals surface area contributed by atoms with Crippen LogP contribution >= 0.6 is 11.5 Å². The highest BCUT2D eigenvalue weighted by Crippen LogP contribution is 2.40. The number of aromatic hydroxyl groups is 2. The van der Waals surface area contributed by atoms with Crippen molar-refractivity contribution in [1.82, 2.24) is 4.37 Å². The van der Waals surface area contributed by atoms with Gasteiger partial charge in [-0.15, -0.1) is 10.2 Å². The van der Waals surface area contributed by atoms with E-state index in [1.165, 1.54) is 74.5 Å². The molecular weight excluding hydrogens is 773 g/mol. The van der Waals surface area contributed by atoms with Crippen LogP contribution in [0.3, 0.4) is 0 Å². The molecule has 0 bridgehead atoms. The number of phenolic OH excluding ortho intramolecular Hbond substituents is 2. The molecular formula is C35H36N8O9S3. The lowest BCUT2D eigenvalue weighted by molar-refractivity contribution is -0.115. The lowest BCUT2D eigenvalue weighted by Crippen LogP contribution is -2.37. The molecule has 1 fully saturated rings. The second-order valence-electron chi connectivity index (χ2n) is 12.6. The highest BCUT2D eigenvalue weighted by molar-refractivity contribution is 7.93. The van der Waals surface area contributed by atoms with E-state index in [1.54, 1.807) is 13.8 Å². The first kappa shape index (κ1) is 38.9. The number of carbonyl (C=O) groups excluding carboxylic acids is 2. The molecule has 1 aromatic heterocycles. The van der Waals surface area contributed by atoms with E-state index in [4.69, 9.17) is 4.74 Å². The fraction of sp³-hybridized carbons (Fsp3) is 0.229. The van der Waals surface area contributed by atoms with Gasteiger partial charge in [0.05, 0.1) is 57.8 Å². The Labute approximate surface area is 320 Å². The van der Waals surface area contributed by atoms with Crippen molar-refractivity contribution >= 4 is 93.4 Å². The van der Waals surface area contributed by atoms with Crippen molar-refractivity contribution in [1.29, 1.82) is 0 Å². The van der Waals surface area contributed by atoms with Gasteiger partial charge in [0.15, 0.2) is 10.8 Å². The van der Waals surface area contributed by atoms with Crippen LogP contribution in [0, 0.1) is 13.8 Å². The summed E-state index contributed by atoms with van der Waals surface area (Å²) in [6.07, 6.45) is 0. The Morgan fingerprint density at radius 2 is 1.45 bits per heavy atom. The number of carbonyl (C=O) groups is 2. The molecule has 20 heteroatoms. The summed E-state index contributed by atoms with van der Waals surface area (Å²) in [5.41, 5.74) is 2.30. The Morgan fingerprint density at radius 3 is 2.11 bits per heavy atom. The number of benzene rings is 4. The van der Waals surface area contributed by atoms with Crippen LogP contribution in [0.5, 0.6) is 11.5 Å². The van der Waals surface area contributed by atoms with Gasteiger partial charge in [0.25, 0.3) is 20.0 Å². The van der Waals surface area contributed by atoms with Gasteiger partial charge in [-0.05, 0) is 97.2 Å². The van der Waals surface area contributed by atoms with Crippen LogP contribution in [-0.4, -0.2) is 69.5 Å². The van der Waals surface area contributed by atoms with Crippen molar-refractivity contribution in [3.8, 4) is 11.5 Å². The van der Waals surface area contributed by atoms with E-state index in [0.717, 1.165) is 22.7 Å². The third-order valence-corrected chi connectivity index (χ3v) is 12.0. The minimum absolute atomic E-state index is 0.0190. The highest BCUT2D eigenvalue weighted by atomic mass is 32.2. The number of nitrogens with one attached hydrogen (secondary N) is 4. The molecule has 0 radical (unpaired) electrons. The van der Waals surface area contributed by atoms with Crippen molar-refractivity contribution < 1.29 is 41.4 Å². The fourth-order valence-electron chi connectivity index (χ4n) is 5.65. The molecule has 2 heterocycles. The Kier molecular flexibility index (Phi) is 11.0. The summed E-state index contributed by atoms with van der Waals surface area (Å²) in [5.74, 6) is -1.60. The van der Waals surface area contributed by atoms with Crippen molar-refractivity contribution in [2.75, 3.05) is 51.3 Å². The van der Waals surface area contributed by atoms with E-state index in [9.17, 15) is 36.6 Å². The third-order valence-electron chi connectivity index (χ3n) is 8.42. The summed E-state index contributed by atoms with van der Waals surface area (Å²) >= 11 is 0.942. The number of rotatable bonds is 11. The van der Waals surface area contributed by atoms with E-state index in [1.807, 2.05) is 4.90 Å². The molecule has 0 spiro atoms. The van der Waals surface area contributed by atoms with E-state index in [-0.39, 0.29) is 54.7 Å². The minimum Gasteiger partial charge on any atom is -0.506 e. The molecule has 0 saturated carbocycles. The van der Waals surface area contributed by atoms with E-state index >= 15 is 0 Å². The van der Waals surface area contributed by atoms with E-state index < -0.39 is 31.9 Å². The van der Waals surface area contributed by atoms with Gasteiger partial charge in [0.1, 0.15) is 10.6 Å². The number of anilines is 5. The lowest BCUT2D eigenvalue weighted by atomic mass is 10.1. The summed E-state index contributed by atoms with van der Waals surface area (Å²) in [6.45, 7) is 7.58. The monoisotopic (exact) mass is 808 g/mol. The van der Waals surface area contributed by atoms with Crippen LogP contribution in [0.2, 0.25) is 0 Å². The van der Waals surface area contributed by atoms with Crippen molar-refractivity contribution in [3.63, 3.8) is 0 Å². The quantitative estimate of drug-likeness (QED) is 0.0659. The van der Waals surface area contributed by atoms with Crippen LogP contribution in [0.15, 0.2) is 80.7 Å². The topological polar surface area (TPSA) is 241 Å². The summed E-state index contributed by atoms with van der Waals surface area (Å²) < 4.78 is 70.2. The summed E-state index contributed by atoms with van der Waals surface area (Å²) in [5, 5.41) is 35.0. The van der Waals surface area contributed by atoms with E-state index in [0.29, 0.717) is 42.9 Å². The second kappa shape index (κ2) is 15.5. The van der Waals surface area contributed by atoms with E-state index in [2.05, 4.69) is 34.7 Å². The molecule has 2 amide bonds. The van der Waals surface area contributed by atoms with Crippen LogP contribution in [0.25, 0.3) is 10.9 Å². The van der Waals surface area contributed by atoms with Gasteiger partial charge in [0.2, 0.25) is 11.8 Å². The molecule has 288 valence electrons. The Morgan fingerprint density at radius 1 is 0.800 bits per heavy atom. The molecule has 1 aliphatic rings. The molecule has 0 atom stereocenters. The number of fused-ring (bicyclic) bond motifs is 1. The third kappa shape index (κ3) is 8.78. The zero-order valence-corrected chi connectivity index (χ0v) is 32.3. The number of aromatic nitrogens is 1. The average molecular weight is 809 g/mol. The Bertz CT molecular complexity index is 2550. The number of azo groups is 1. The first-order valence-electron chi connectivity index (χ1n) is 16.6. The molecule has 55 heavy (non-hydrogen) atoms. The standard InChI is InChI=1S/C35H36N8O9S3/c1-19-13-28(32(46)14-20(19)2)42-55(50,51)33-17-23(5-8-31(33)43-9-11-52-12-10-43)41-54(48,49)25-6-7-27-26(18-25)35(53-40-27)39-38-24-15-29(36-21(3)44)34(47)30(16-24)37-22(4)45/h5-8,13-18,41-42,46-47H,9-12H2,1-4H3,(H,36,44)(H,37,45). The van der Waals surface area contributed by atoms with Gasteiger partial charge in [-0.1, -0.05) is 0 Å². The summed E-state index contributed by atoms with van der Waals surface area (Å²) in [7, 11) is -8.70. The van der Waals surface area contributed by atoms with Crippen LogP contribution < -0.4 is 25.0 Å². The van der Waals surface area contributed by atoms with Crippen molar-refractivity contribution in [3.05, 3.63) is 71.8 Å². The maximum atomic E-state index is 13.9. The maximum Gasteiger partial charge on any atom is 0.264 e. The Balaban J connectivity index is 1.32. The number of hydrogen-bond acceptors (Lipinski definition) is 14. The fourth-order valence-corrected chi connectivity index (χ4v) is 8.73. The zero-order chi connectivity index (χ0) is 39.7. The molecule has 1 aliphatic heterocycles. The van der Waals surface area contributed by atoms with Crippen molar-refractivity contribution in [2.45, 2.75) is 37.5 Å². The number of ether oxygens (including phenoxy) is 1. The first-order valence-corrected chi connectivity index (χ1v) is 20.3. The summed E-state index contributed by atoms with van der Waals surface area (Å²) in [6, 6.07) is 14.0. The van der Waals surface area contributed by atoms with Crippen LogP contribution in [0.4, 0.5) is 39.1 Å². The number of phenols is 2. The highest BCUT2D eigenvalue weighted by Gasteiger charge is 2.27. The van der Waals surface area contributed by atoms with Gasteiger partial charge >= 0.3 is 0 Å². The number of nitrogens with zero attached hydrogens (tertiary/aromatic N) is 4. The van der Waals surface area contributed by atoms with Gasteiger partial charge in [-0.2, -0.15) is 4.37 Å². The largest absolute Gasteiger partial charge is 0.506 e. The van der Waals surface area contributed by atoms with Crippen LogP contribution in [0.1, 0.15) is 25.0 Å². The first-order chi connectivity index (χ1) is 26.0. The zero-order valence-electron chi connectivity index (χ0n) is 29.9. The molecule has 6 N–H and O–H groups in total. The number of aryl methyl sites for hydroxylation is 2. The van der Waals surface area contributed by atoms with Gasteiger partial charge < -0.3 is 30.5 Å². The Hall–Kier alpha value is -5.83. The number of sulfonamides is 2. The lowest BCUT2D eigenvalue weighted by Gasteiger charge is -2.30. The van der Waals surface area contributed by atoms with Crippen LogP contribution in [-0.2, 0) is 34.4 Å². The average Bonchev–Trinajstić information content (AvgIpc) is 3.53. The molecule has 17 nitrogen and oxygen atoms in total. The van der Waals surface area contributed by atoms with Gasteiger partial charge in [-0.25, -0.2) is 16.8 Å². The van der Waals surface area contributed by atoms with Crippen molar-refractivity contribution in [2.24, 2.45) is 10.2 Å². The maximum absolute atomic E-state index is 13.9. The molecule has 0 aliphatic carbocycles.